The summed E-state index contributed by atoms with van der Waals surface area (Å²) in [5.41, 5.74) is 2.44. The van der Waals surface area contributed by atoms with E-state index in [9.17, 15) is 0 Å². The van der Waals surface area contributed by atoms with Crippen LogP contribution in [0.1, 0.15) is 5.56 Å². The monoisotopic (exact) mass is 207 g/mol. The Hall–Kier alpha value is -1.22. The number of ether oxygens (including phenoxy) is 2. The van der Waals surface area contributed by atoms with Gasteiger partial charge in [-0.1, -0.05) is 6.07 Å². The molecular formula is C12H17NO2. The van der Waals surface area contributed by atoms with Crippen molar-refractivity contribution < 1.29 is 9.47 Å². The zero-order valence-electron chi connectivity index (χ0n) is 9.32. The smallest absolute Gasteiger partial charge is 0.142 e. The molecule has 0 saturated carbocycles. The lowest BCUT2D eigenvalue weighted by atomic mass is 10.2. The molecule has 0 aliphatic carbocycles. The summed E-state index contributed by atoms with van der Waals surface area (Å²) in [6, 6.07) is 6.27. The molecule has 1 heterocycles. The Morgan fingerprint density at radius 2 is 2.00 bits per heavy atom. The standard InChI is InChI=1S/C12H17NO2/c1-10-3-4-12(14-2)11(9-10)13-5-7-15-8-6-13/h3-4,9H,5-8H2,1-2H3. The summed E-state index contributed by atoms with van der Waals surface area (Å²) in [7, 11) is 1.72. The first-order valence-corrected chi connectivity index (χ1v) is 5.28. The molecular weight excluding hydrogens is 190 g/mol. The normalized spacial score (nSPS) is 16.5. The van der Waals surface area contributed by atoms with Crippen LogP contribution in [0.3, 0.4) is 0 Å². The number of rotatable bonds is 2. The lowest BCUT2D eigenvalue weighted by Gasteiger charge is -2.30. The molecule has 82 valence electrons. The third-order valence-corrected chi connectivity index (χ3v) is 2.69. The van der Waals surface area contributed by atoms with Gasteiger partial charge in [-0.25, -0.2) is 0 Å². The van der Waals surface area contributed by atoms with Gasteiger partial charge in [0.1, 0.15) is 5.75 Å². The van der Waals surface area contributed by atoms with E-state index in [2.05, 4.69) is 24.0 Å². The highest BCUT2D eigenvalue weighted by molar-refractivity contribution is 5.60. The molecule has 0 N–H and O–H groups in total. The SMILES string of the molecule is COc1ccc(C)cc1N1CCOCC1. The van der Waals surface area contributed by atoms with Gasteiger partial charge in [-0.05, 0) is 24.6 Å². The fraction of sp³-hybridized carbons (Fsp3) is 0.500. The van der Waals surface area contributed by atoms with Crippen LogP contribution in [-0.4, -0.2) is 33.4 Å². The average molecular weight is 207 g/mol. The molecule has 2 rings (SSSR count). The Kier molecular flexibility index (Phi) is 3.11. The Labute approximate surface area is 90.6 Å². The van der Waals surface area contributed by atoms with Crippen molar-refractivity contribution in [1.82, 2.24) is 0 Å². The predicted molar refractivity (Wildman–Crippen MR) is 60.8 cm³/mol. The van der Waals surface area contributed by atoms with E-state index >= 15 is 0 Å². The maximum atomic E-state index is 5.37. The second-order valence-electron chi connectivity index (χ2n) is 3.77. The second kappa shape index (κ2) is 4.53. The van der Waals surface area contributed by atoms with Crippen LogP contribution >= 0.6 is 0 Å². The van der Waals surface area contributed by atoms with E-state index in [4.69, 9.17) is 9.47 Å². The Morgan fingerprint density at radius 3 is 2.67 bits per heavy atom. The van der Waals surface area contributed by atoms with Crippen LogP contribution in [0, 0.1) is 6.92 Å². The molecule has 3 heteroatoms. The summed E-state index contributed by atoms with van der Waals surface area (Å²) in [5, 5.41) is 0. The van der Waals surface area contributed by atoms with Crippen molar-refractivity contribution in [2.75, 3.05) is 38.3 Å². The molecule has 15 heavy (non-hydrogen) atoms. The lowest BCUT2D eigenvalue weighted by Crippen LogP contribution is -2.36. The van der Waals surface area contributed by atoms with Gasteiger partial charge >= 0.3 is 0 Å². The van der Waals surface area contributed by atoms with Crippen LogP contribution in [0.2, 0.25) is 0 Å². The number of benzene rings is 1. The Bertz CT molecular complexity index is 332. The number of anilines is 1. The molecule has 0 bridgehead atoms. The summed E-state index contributed by atoms with van der Waals surface area (Å²) in [5.74, 6) is 0.947. The highest BCUT2D eigenvalue weighted by atomic mass is 16.5. The first-order chi connectivity index (χ1) is 7.31. The van der Waals surface area contributed by atoms with Gasteiger partial charge in [-0.15, -0.1) is 0 Å². The highest BCUT2D eigenvalue weighted by Gasteiger charge is 2.15. The zero-order valence-corrected chi connectivity index (χ0v) is 9.32. The Balaban J connectivity index is 2.27. The molecule has 1 aliphatic heterocycles. The maximum Gasteiger partial charge on any atom is 0.142 e. The predicted octanol–water partition coefficient (Wildman–Crippen LogP) is 1.84. The fourth-order valence-corrected chi connectivity index (χ4v) is 1.85. The van der Waals surface area contributed by atoms with E-state index in [0.717, 1.165) is 32.1 Å². The minimum atomic E-state index is 0.803. The first-order valence-electron chi connectivity index (χ1n) is 5.28. The van der Waals surface area contributed by atoms with Crippen LogP contribution in [0.4, 0.5) is 5.69 Å². The van der Waals surface area contributed by atoms with E-state index in [1.165, 1.54) is 11.3 Å². The number of hydrogen-bond donors (Lipinski definition) is 0. The molecule has 3 nitrogen and oxygen atoms in total. The number of nitrogens with zero attached hydrogens (tertiary/aromatic N) is 1. The third kappa shape index (κ3) is 2.23. The number of aryl methyl sites for hydroxylation is 1. The van der Waals surface area contributed by atoms with Crippen molar-refractivity contribution in [2.24, 2.45) is 0 Å². The molecule has 1 aromatic rings. The van der Waals surface area contributed by atoms with Crippen molar-refractivity contribution >= 4 is 5.69 Å². The molecule has 0 radical (unpaired) electrons. The summed E-state index contributed by atoms with van der Waals surface area (Å²) >= 11 is 0. The van der Waals surface area contributed by atoms with Crippen LogP contribution in [0.25, 0.3) is 0 Å². The molecule has 0 amide bonds. The van der Waals surface area contributed by atoms with E-state index in [1.54, 1.807) is 7.11 Å². The molecule has 1 aliphatic rings. The van der Waals surface area contributed by atoms with Crippen LogP contribution in [-0.2, 0) is 4.74 Å². The van der Waals surface area contributed by atoms with Gasteiger partial charge in [0.25, 0.3) is 0 Å². The number of hydrogen-bond acceptors (Lipinski definition) is 3. The molecule has 0 spiro atoms. The van der Waals surface area contributed by atoms with Gasteiger partial charge in [0.2, 0.25) is 0 Å². The van der Waals surface area contributed by atoms with Crippen molar-refractivity contribution in [1.29, 1.82) is 0 Å². The van der Waals surface area contributed by atoms with E-state index in [1.807, 2.05) is 6.07 Å². The molecule has 1 saturated heterocycles. The van der Waals surface area contributed by atoms with Gasteiger partial charge in [0, 0.05) is 13.1 Å². The highest BCUT2D eigenvalue weighted by Crippen LogP contribution is 2.29. The van der Waals surface area contributed by atoms with Crippen molar-refractivity contribution in [3.63, 3.8) is 0 Å². The first kappa shape index (κ1) is 10.3. The summed E-state index contributed by atoms with van der Waals surface area (Å²) in [6.07, 6.45) is 0. The molecule has 0 atom stereocenters. The summed E-state index contributed by atoms with van der Waals surface area (Å²) in [4.78, 5) is 2.31. The van der Waals surface area contributed by atoms with Crippen molar-refractivity contribution in [2.45, 2.75) is 6.92 Å². The van der Waals surface area contributed by atoms with E-state index in [-0.39, 0.29) is 0 Å². The molecule has 0 aromatic heterocycles. The van der Waals surface area contributed by atoms with Crippen molar-refractivity contribution in [3.05, 3.63) is 23.8 Å². The molecule has 1 aromatic carbocycles. The minimum absolute atomic E-state index is 0.803. The number of methoxy groups -OCH3 is 1. The average Bonchev–Trinajstić information content (AvgIpc) is 2.30. The van der Waals surface area contributed by atoms with Crippen LogP contribution in [0.15, 0.2) is 18.2 Å². The second-order valence-corrected chi connectivity index (χ2v) is 3.77. The van der Waals surface area contributed by atoms with Gasteiger partial charge in [-0.2, -0.15) is 0 Å². The summed E-state index contributed by atoms with van der Waals surface area (Å²) in [6.45, 7) is 5.59. The van der Waals surface area contributed by atoms with Gasteiger partial charge in [-0.3, -0.25) is 0 Å². The van der Waals surface area contributed by atoms with Crippen molar-refractivity contribution in [3.8, 4) is 5.75 Å². The van der Waals surface area contributed by atoms with E-state index in [0.29, 0.717) is 0 Å². The Morgan fingerprint density at radius 1 is 1.27 bits per heavy atom. The zero-order chi connectivity index (χ0) is 10.7. The maximum absolute atomic E-state index is 5.37. The largest absolute Gasteiger partial charge is 0.495 e. The van der Waals surface area contributed by atoms with Gasteiger partial charge < -0.3 is 14.4 Å². The van der Waals surface area contributed by atoms with Gasteiger partial charge in [0.15, 0.2) is 0 Å². The van der Waals surface area contributed by atoms with Crippen LogP contribution < -0.4 is 9.64 Å². The molecule has 1 fully saturated rings. The van der Waals surface area contributed by atoms with Crippen LogP contribution in [0.5, 0.6) is 5.75 Å². The van der Waals surface area contributed by atoms with E-state index < -0.39 is 0 Å². The third-order valence-electron chi connectivity index (χ3n) is 2.69. The fourth-order valence-electron chi connectivity index (χ4n) is 1.85. The molecule has 0 unspecified atom stereocenters. The van der Waals surface area contributed by atoms with Gasteiger partial charge in [0.05, 0.1) is 26.0 Å². The minimum Gasteiger partial charge on any atom is -0.495 e. The summed E-state index contributed by atoms with van der Waals surface area (Å²) < 4.78 is 10.7. The lowest BCUT2D eigenvalue weighted by molar-refractivity contribution is 0.122. The quantitative estimate of drug-likeness (QED) is 0.738. The topological polar surface area (TPSA) is 21.7 Å². The number of morpholine rings is 1.